The Balaban J connectivity index is 4.19. The van der Waals surface area contributed by atoms with Gasteiger partial charge in [-0.05, 0) is 19.8 Å². The summed E-state index contributed by atoms with van der Waals surface area (Å²) in [5, 5.41) is 45.1. The van der Waals surface area contributed by atoms with Crippen molar-refractivity contribution in [3.05, 3.63) is 0 Å². The molecule has 0 fully saturated rings. The van der Waals surface area contributed by atoms with Crippen LogP contribution in [0.15, 0.2) is 0 Å². The van der Waals surface area contributed by atoms with Crippen molar-refractivity contribution in [3.63, 3.8) is 0 Å². The average Bonchev–Trinajstić information content (AvgIpc) is 2.62. The van der Waals surface area contributed by atoms with Gasteiger partial charge in [-0.1, -0.05) is 25.7 Å². The van der Waals surface area contributed by atoms with E-state index in [2.05, 4.69) is 4.74 Å². The number of hydrogen-bond acceptors (Lipinski definition) is 9. The fourth-order valence-electron chi connectivity index (χ4n) is 2.62. The number of esters is 2. The molecular weight excluding hydrogens is 420 g/mol. The Morgan fingerprint density at radius 3 is 1.55 bits per heavy atom. The number of carboxylic acid groups (broad SMARTS) is 3. The molecule has 0 bridgehead atoms. The molecule has 178 valence electrons. The Hall–Kier alpha value is -2.73. The van der Waals surface area contributed by atoms with Gasteiger partial charge in [-0.3, -0.25) is 19.2 Å². The lowest BCUT2D eigenvalue weighted by Crippen LogP contribution is -2.47. The minimum Gasteiger partial charge on any atom is -0.481 e. The van der Waals surface area contributed by atoms with E-state index in [0.717, 1.165) is 6.42 Å². The second-order valence-corrected chi connectivity index (χ2v) is 7.16. The highest BCUT2D eigenvalue weighted by Gasteiger charge is 2.47. The van der Waals surface area contributed by atoms with Gasteiger partial charge in [-0.2, -0.15) is 0 Å². The van der Waals surface area contributed by atoms with Crippen molar-refractivity contribution >= 4 is 29.8 Å². The van der Waals surface area contributed by atoms with Crippen LogP contribution in [0.4, 0.5) is 0 Å². The summed E-state index contributed by atoms with van der Waals surface area (Å²) in [4.78, 5) is 56.5. The number of aliphatic carboxylic acids is 3. The average molecular weight is 450 g/mol. The summed E-state index contributed by atoms with van der Waals surface area (Å²) < 4.78 is 9.34. The standard InChI is InChI=1S/C19H30O12/c1-12(20)17(27)30-15(25)8-6-4-2-3-5-7-9-16(26)31-19(18(28)29,10-13(21)22)11-14(23)24/h12,17,20,27H,2-11H2,1H3,(H,21,22)(H,23,24)(H,28,29). The van der Waals surface area contributed by atoms with Crippen LogP contribution < -0.4 is 0 Å². The molecular formula is C19H30O12. The van der Waals surface area contributed by atoms with E-state index in [9.17, 15) is 34.2 Å². The molecule has 12 nitrogen and oxygen atoms in total. The molecule has 0 aromatic heterocycles. The first-order valence-corrected chi connectivity index (χ1v) is 9.84. The number of hydrogen-bond donors (Lipinski definition) is 5. The van der Waals surface area contributed by atoms with Gasteiger partial charge in [-0.25, -0.2) is 4.79 Å². The second-order valence-electron chi connectivity index (χ2n) is 7.16. The summed E-state index contributed by atoms with van der Waals surface area (Å²) in [6, 6.07) is 0. The number of rotatable bonds is 17. The van der Waals surface area contributed by atoms with Crippen LogP contribution in [0.2, 0.25) is 0 Å². The summed E-state index contributed by atoms with van der Waals surface area (Å²) in [5.74, 6) is -6.68. The lowest BCUT2D eigenvalue weighted by atomic mass is 9.95. The monoisotopic (exact) mass is 450 g/mol. The zero-order chi connectivity index (χ0) is 24.0. The number of ether oxygens (including phenoxy) is 2. The Kier molecular flexibility index (Phi) is 13.0. The molecule has 0 spiro atoms. The first-order chi connectivity index (χ1) is 14.4. The van der Waals surface area contributed by atoms with E-state index in [1.165, 1.54) is 6.92 Å². The smallest absolute Gasteiger partial charge is 0.349 e. The van der Waals surface area contributed by atoms with Crippen LogP contribution in [0.25, 0.3) is 0 Å². The van der Waals surface area contributed by atoms with Crippen molar-refractivity contribution in [1.82, 2.24) is 0 Å². The Morgan fingerprint density at radius 1 is 0.742 bits per heavy atom. The van der Waals surface area contributed by atoms with E-state index in [4.69, 9.17) is 20.1 Å². The van der Waals surface area contributed by atoms with Crippen molar-refractivity contribution in [1.29, 1.82) is 0 Å². The van der Waals surface area contributed by atoms with E-state index in [1.807, 2.05) is 0 Å². The molecule has 0 heterocycles. The fourth-order valence-corrected chi connectivity index (χ4v) is 2.62. The quantitative estimate of drug-likeness (QED) is 0.118. The summed E-state index contributed by atoms with van der Waals surface area (Å²) >= 11 is 0. The molecule has 0 saturated carbocycles. The third-order valence-electron chi connectivity index (χ3n) is 4.25. The Labute approximate surface area is 178 Å². The van der Waals surface area contributed by atoms with Gasteiger partial charge >= 0.3 is 29.8 Å². The summed E-state index contributed by atoms with van der Waals surface area (Å²) in [6.07, 6.45) is -1.64. The van der Waals surface area contributed by atoms with Crippen molar-refractivity contribution in [2.45, 2.75) is 89.1 Å². The van der Waals surface area contributed by atoms with Gasteiger partial charge in [0.25, 0.3) is 0 Å². The largest absolute Gasteiger partial charge is 0.481 e. The van der Waals surface area contributed by atoms with Crippen molar-refractivity contribution in [2.75, 3.05) is 0 Å². The molecule has 2 atom stereocenters. The van der Waals surface area contributed by atoms with E-state index < -0.39 is 60.7 Å². The topological polar surface area (TPSA) is 205 Å². The molecule has 0 saturated heterocycles. The third-order valence-corrected chi connectivity index (χ3v) is 4.25. The molecule has 0 aromatic rings. The van der Waals surface area contributed by atoms with Crippen LogP contribution in [0.5, 0.6) is 0 Å². The normalized spacial score (nSPS) is 13.1. The maximum absolute atomic E-state index is 11.9. The number of aliphatic hydroxyl groups excluding tert-OH is 2. The molecule has 0 aliphatic rings. The van der Waals surface area contributed by atoms with Gasteiger partial charge < -0.3 is 35.0 Å². The number of aliphatic hydroxyl groups is 2. The van der Waals surface area contributed by atoms with Gasteiger partial charge in [0.1, 0.15) is 6.10 Å². The van der Waals surface area contributed by atoms with Crippen LogP contribution >= 0.6 is 0 Å². The highest BCUT2D eigenvalue weighted by atomic mass is 16.6. The molecule has 5 N–H and O–H groups in total. The van der Waals surface area contributed by atoms with Crippen LogP contribution in [0.1, 0.15) is 71.1 Å². The fraction of sp³-hybridized carbons (Fsp3) is 0.737. The van der Waals surface area contributed by atoms with Crippen molar-refractivity contribution < 1.29 is 59.0 Å². The van der Waals surface area contributed by atoms with Gasteiger partial charge in [0.2, 0.25) is 11.9 Å². The molecule has 0 aliphatic heterocycles. The summed E-state index contributed by atoms with van der Waals surface area (Å²) in [7, 11) is 0. The van der Waals surface area contributed by atoms with E-state index in [-0.39, 0.29) is 12.8 Å². The predicted molar refractivity (Wildman–Crippen MR) is 102 cm³/mol. The maximum atomic E-state index is 11.9. The minimum absolute atomic E-state index is 0.0839. The first-order valence-electron chi connectivity index (χ1n) is 9.84. The van der Waals surface area contributed by atoms with E-state index >= 15 is 0 Å². The van der Waals surface area contributed by atoms with Gasteiger partial charge in [-0.15, -0.1) is 0 Å². The third kappa shape index (κ3) is 12.5. The highest BCUT2D eigenvalue weighted by Crippen LogP contribution is 2.23. The number of carboxylic acids is 3. The number of carbonyl (C=O) groups is 5. The Bertz CT molecular complexity index is 611. The van der Waals surface area contributed by atoms with Gasteiger partial charge in [0.15, 0.2) is 0 Å². The van der Waals surface area contributed by atoms with E-state index in [1.54, 1.807) is 0 Å². The zero-order valence-electron chi connectivity index (χ0n) is 17.3. The molecule has 0 amide bonds. The highest BCUT2D eigenvalue weighted by molar-refractivity contribution is 5.90. The molecule has 0 aromatic carbocycles. The lowest BCUT2D eigenvalue weighted by molar-refractivity contribution is -0.186. The first kappa shape index (κ1) is 28.3. The zero-order valence-corrected chi connectivity index (χ0v) is 17.3. The van der Waals surface area contributed by atoms with Gasteiger partial charge in [0.05, 0.1) is 12.8 Å². The molecule has 0 rings (SSSR count). The van der Waals surface area contributed by atoms with Crippen LogP contribution in [-0.2, 0) is 33.4 Å². The Morgan fingerprint density at radius 2 is 1.16 bits per heavy atom. The summed E-state index contributed by atoms with van der Waals surface area (Å²) in [5.41, 5.74) is -2.66. The second kappa shape index (κ2) is 14.3. The number of unbranched alkanes of at least 4 members (excludes halogenated alkanes) is 5. The molecule has 2 unspecified atom stereocenters. The van der Waals surface area contributed by atoms with Crippen LogP contribution in [-0.4, -0.2) is 73.4 Å². The maximum Gasteiger partial charge on any atom is 0.349 e. The SMILES string of the molecule is CC(O)C(O)OC(=O)CCCCCCCCC(=O)OC(CC(=O)O)(CC(=O)O)C(=O)O. The molecule has 0 radical (unpaired) electrons. The molecule has 0 aliphatic carbocycles. The molecule has 12 heteroatoms. The van der Waals surface area contributed by atoms with E-state index in [0.29, 0.717) is 32.1 Å². The van der Waals surface area contributed by atoms with Crippen LogP contribution in [0.3, 0.4) is 0 Å². The lowest BCUT2D eigenvalue weighted by Gasteiger charge is -2.26. The van der Waals surface area contributed by atoms with Crippen molar-refractivity contribution in [3.8, 4) is 0 Å². The van der Waals surface area contributed by atoms with Crippen LogP contribution in [0, 0.1) is 0 Å². The molecule has 31 heavy (non-hydrogen) atoms. The van der Waals surface area contributed by atoms with Gasteiger partial charge in [0, 0.05) is 12.8 Å². The minimum atomic E-state index is -2.66. The predicted octanol–water partition coefficient (Wildman–Crippen LogP) is 0.666. The number of carbonyl (C=O) groups excluding carboxylic acids is 2. The van der Waals surface area contributed by atoms with Crippen molar-refractivity contribution in [2.24, 2.45) is 0 Å². The summed E-state index contributed by atoms with van der Waals surface area (Å²) in [6.45, 7) is 1.29.